The molecule has 0 aliphatic carbocycles. The largest absolute Gasteiger partial charge is 0.480 e. The van der Waals surface area contributed by atoms with Gasteiger partial charge < -0.3 is 20.5 Å². The first kappa shape index (κ1) is 24.5. The predicted molar refractivity (Wildman–Crippen MR) is 132 cm³/mol. The molecule has 0 radical (unpaired) electrons. The summed E-state index contributed by atoms with van der Waals surface area (Å²) >= 11 is 6.57. The summed E-state index contributed by atoms with van der Waals surface area (Å²) in [6.07, 6.45) is -0.333. The molecule has 1 unspecified atom stereocenters. The molecule has 0 fully saturated rings. The maximum atomic E-state index is 15.1. The number of hydrogen-bond donors (Lipinski definition) is 2. The van der Waals surface area contributed by atoms with Gasteiger partial charge in [-0.2, -0.15) is 0 Å². The number of rotatable bonds is 5. The molecule has 0 saturated heterocycles. The summed E-state index contributed by atoms with van der Waals surface area (Å²) in [5.74, 6) is -0.924. The average Bonchev–Trinajstić information content (AvgIpc) is 3.17. The zero-order valence-corrected chi connectivity index (χ0v) is 20.4. The minimum absolute atomic E-state index is 0.0180. The Labute approximate surface area is 208 Å². The van der Waals surface area contributed by atoms with Gasteiger partial charge in [-0.05, 0) is 50.6 Å². The molecule has 3 N–H and O–H groups in total. The van der Waals surface area contributed by atoms with E-state index in [1.54, 1.807) is 32.9 Å². The summed E-state index contributed by atoms with van der Waals surface area (Å²) in [5, 5.41) is 3.06. The van der Waals surface area contributed by atoms with Gasteiger partial charge in [0.25, 0.3) is 0 Å². The SMILES string of the molecule is CC(C)(C)OC(=O)NCC1(c2ccccc2)Cc2c(ccc(Cl)c2-c2c(F)cccc2C(N)=O)O1. The lowest BCUT2D eigenvalue weighted by Crippen LogP contribution is -2.45. The molecule has 0 bridgehead atoms. The van der Waals surface area contributed by atoms with Crippen molar-refractivity contribution in [3.05, 3.63) is 88.2 Å². The molecular formula is C27H26ClFN2O4. The van der Waals surface area contributed by atoms with E-state index in [1.807, 2.05) is 30.3 Å². The molecule has 0 saturated carbocycles. The molecule has 35 heavy (non-hydrogen) atoms. The molecule has 0 spiro atoms. The normalized spacial score (nSPS) is 16.8. The molecule has 3 aromatic carbocycles. The molecule has 6 nitrogen and oxygen atoms in total. The van der Waals surface area contributed by atoms with Gasteiger partial charge in [-0.3, -0.25) is 4.79 Å². The maximum Gasteiger partial charge on any atom is 0.407 e. The number of carbonyl (C=O) groups excluding carboxylic acids is 2. The van der Waals surface area contributed by atoms with Gasteiger partial charge in [-0.25, -0.2) is 9.18 Å². The van der Waals surface area contributed by atoms with Crippen molar-refractivity contribution in [2.45, 2.75) is 38.4 Å². The highest BCUT2D eigenvalue weighted by Gasteiger charge is 2.44. The van der Waals surface area contributed by atoms with Crippen LogP contribution in [0.4, 0.5) is 9.18 Å². The number of fused-ring (bicyclic) bond motifs is 1. The Bertz CT molecular complexity index is 1290. The highest BCUT2D eigenvalue weighted by molar-refractivity contribution is 6.34. The second-order valence-corrected chi connectivity index (χ2v) is 9.83. The Balaban J connectivity index is 1.80. The Kier molecular flexibility index (Phi) is 6.47. The Morgan fingerprint density at radius 2 is 1.80 bits per heavy atom. The standard InChI is InChI=1S/C27H26ClFN2O4/c1-26(2,3)35-25(33)31-15-27(16-8-5-4-6-9-16)14-18-21(34-27)13-12-19(28)22(18)23-17(24(30)32)10-7-11-20(23)29/h4-13H,14-15H2,1-3H3,(H2,30,32)(H,31,33). The predicted octanol–water partition coefficient (Wildman–Crippen LogP) is 5.60. The van der Waals surface area contributed by atoms with Crippen LogP contribution in [0.1, 0.15) is 42.3 Å². The van der Waals surface area contributed by atoms with Gasteiger partial charge in [0, 0.05) is 33.7 Å². The Morgan fingerprint density at radius 1 is 1.09 bits per heavy atom. The quantitative estimate of drug-likeness (QED) is 0.481. The van der Waals surface area contributed by atoms with Crippen LogP contribution in [-0.2, 0) is 16.8 Å². The fourth-order valence-corrected chi connectivity index (χ4v) is 4.56. The van der Waals surface area contributed by atoms with Gasteiger partial charge in [0.2, 0.25) is 5.91 Å². The van der Waals surface area contributed by atoms with E-state index in [0.717, 1.165) is 5.56 Å². The summed E-state index contributed by atoms with van der Waals surface area (Å²) in [7, 11) is 0. The third-order valence-corrected chi connectivity index (χ3v) is 6.05. The maximum absolute atomic E-state index is 15.1. The monoisotopic (exact) mass is 496 g/mol. The zero-order chi connectivity index (χ0) is 25.4. The van der Waals surface area contributed by atoms with Crippen molar-refractivity contribution in [3.63, 3.8) is 0 Å². The van der Waals surface area contributed by atoms with Crippen molar-refractivity contribution in [1.82, 2.24) is 5.32 Å². The number of nitrogens with two attached hydrogens (primary N) is 1. The van der Waals surface area contributed by atoms with Crippen LogP contribution in [0.2, 0.25) is 5.02 Å². The van der Waals surface area contributed by atoms with Crippen LogP contribution in [-0.4, -0.2) is 24.1 Å². The van der Waals surface area contributed by atoms with Gasteiger partial charge in [-0.15, -0.1) is 0 Å². The van der Waals surface area contributed by atoms with Crippen LogP contribution < -0.4 is 15.8 Å². The van der Waals surface area contributed by atoms with Crippen molar-refractivity contribution in [1.29, 1.82) is 0 Å². The molecule has 182 valence electrons. The molecule has 4 rings (SSSR count). The fraction of sp³-hybridized carbons (Fsp3) is 0.259. The highest BCUT2D eigenvalue weighted by Crippen LogP contribution is 2.48. The van der Waals surface area contributed by atoms with E-state index in [2.05, 4.69) is 5.32 Å². The molecule has 3 aromatic rings. The average molecular weight is 497 g/mol. The molecular weight excluding hydrogens is 471 g/mol. The summed E-state index contributed by atoms with van der Waals surface area (Å²) < 4.78 is 26.9. The summed E-state index contributed by atoms with van der Waals surface area (Å²) in [5.41, 5.74) is 5.66. The lowest BCUT2D eigenvalue weighted by atomic mass is 9.85. The second kappa shape index (κ2) is 9.23. The van der Waals surface area contributed by atoms with Gasteiger partial charge in [0.05, 0.1) is 6.54 Å². The number of halogens is 2. The van der Waals surface area contributed by atoms with Gasteiger partial charge in [-0.1, -0.05) is 48.0 Å². The summed E-state index contributed by atoms with van der Waals surface area (Å²) in [6.45, 7) is 5.42. The zero-order valence-electron chi connectivity index (χ0n) is 19.7. The third-order valence-electron chi connectivity index (χ3n) is 5.73. The van der Waals surface area contributed by atoms with Gasteiger partial charge in [0.15, 0.2) is 5.60 Å². The molecule has 0 aromatic heterocycles. The number of hydrogen-bond acceptors (Lipinski definition) is 4. The van der Waals surface area contributed by atoms with Crippen LogP contribution in [0, 0.1) is 5.82 Å². The van der Waals surface area contributed by atoms with Gasteiger partial charge in [0.1, 0.15) is 17.2 Å². The molecule has 8 heteroatoms. The van der Waals surface area contributed by atoms with Gasteiger partial charge >= 0.3 is 6.09 Å². The number of ether oxygens (including phenoxy) is 2. The van der Waals surface area contributed by atoms with Crippen LogP contribution in [0.15, 0.2) is 60.7 Å². The lowest BCUT2D eigenvalue weighted by molar-refractivity contribution is 0.0415. The first-order chi connectivity index (χ1) is 16.5. The smallest absolute Gasteiger partial charge is 0.407 e. The van der Waals surface area contributed by atoms with Crippen molar-refractivity contribution < 1.29 is 23.5 Å². The lowest BCUT2D eigenvalue weighted by Gasteiger charge is -2.30. The minimum atomic E-state index is -1.02. The topological polar surface area (TPSA) is 90.6 Å². The van der Waals surface area contributed by atoms with E-state index in [-0.39, 0.29) is 29.1 Å². The van der Waals surface area contributed by atoms with Crippen molar-refractivity contribution in [3.8, 4) is 16.9 Å². The first-order valence-corrected chi connectivity index (χ1v) is 11.5. The molecule has 2 amide bonds. The molecule has 1 atom stereocenters. The van der Waals surface area contributed by atoms with Crippen LogP contribution in [0.5, 0.6) is 5.75 Å². The van der Waals surface area contributed by atoms with E-state index >= 15 is 4.39 Å². The van der Waals surface area contributed by atoms with Crippen molar-refractivity contribution >= 4 is 23.6 Å². The van der Waals surface area contributed by atoms with E-state index in [1.165, 1.54) is 18.2 Å². The first-order valence-electron chi connectivity index (χ1n) is 11.1. The molecule has 1 aliphatic rings. The number of nitrogens with one attached hydrogen (secondary N) is 1. The molecule has 1 aliphatic heterocycles. The molecule has 1 heterocycles. The van der Waals surface area contributed by atoms with Crippen LogP contribution in [0.25, 0.3) is 11.1 Å². The highest BCUT2D eigenvalue weighted by atomic mass is 35.5. The van der Waals surface area contributed by atoms with E-state index in [0.29, 0.717) is 16.9 Å². The number of carbonyl (C=O) groups is 2. The number of benzene rings is 3. The number of amides is 2. The number of primary amides is 1. The summed E-state index contributed by atoms with van der Waals surface area (Å²) in [6, 6.07) is 16.8. The van der Waals surface area contributed by atoms with E-state index in [4.69, 9.17) is 26.8 Å². The number of alkyl carbamates (subject to hydrolysis) is 1. The second-order valence-electron chi connectivity index (χ2n) is 9.42. The van der Waals surface area contributed by atoms with Crippen molar-refractivity contribution in [2.24, 2.45) is 5.73 Å². The Hall–Kier alpha value is -3.58. The van der Waals surface area contributed by atoms with Crippen LogP contribution in [0.3, 0.4) is 0 Å². The fourth-order valence-electron chi connectivity index (χ4n) is 4.29. The summed E-state index contributed by atoms with van der Waals surface area (Å²) in [4.78, 5) is 24.6. The van der Waals surface area contributed by atoms with E-state index < -0.39 is 29.0 Å². The minimum Gasteiger partial charge on any atom is -0.480 e. The van der Waals surface area contributed by atoms with Crippen LogP contribution >= 0.6 is 11.6 Å². The Morgan fingerprint density at radius 3 is 2.46 bits per heavy atom. The van der Waals surface area contributed by atoms with Crippen molar-refractivity contribution in [2.75, 3.05) is 6.54 Å². The third kappa shape index (κ3) is 4.95. The van der Waals surface area contributed by atoms with E-state index in [9.17, 15) is 9.59 Å².